The molecule has 2 aromatic carbocycles. The number of amides is 1. The van der Waals surface area contributed by atoms with Crippen LogP contribution in [0.1, 0.15) is 12.8 Å². The number of H-pyrrole nitrogens is 1. The van der Waals surface area contributed by atoms with Gasteiger partial charge in [0, 0.05) is 29.4 Å². The smallest absolute Gasteiger partial charge is 0.497 e. The van der Waals surface area contributed by atoms with Gasteiger partial charge >= 0.3 is 12.7 Å². The SMILES string of the molecule is COc1cc(OC(F)(F)F)cc(-c2nn(CC(=O)N(c3ccc4c(c3)OC(F)(F)O4)C3CC3)c(=O)c3[nH]cnc23)c1. The van der Waals surface area contributed by atoms with Gasteiger partial charge in [0.1, 0.15) is 34.8 Å². The minimum Gasteiger partial charge on any atom is -0.497 e. The number of hydrogen-bond acceptors (Lipinski definition) is 8. The zero-order chi connectivity index (χ0) is 29.1. The molecule has 1 aliphatic carbocycles. The molecule has 214 valence electrons. The Kier molecular flexibility index (Phi) is 6.00. The van der Waals surface area contributed by atoms with Gasteiger partial charge < -0.3 is 28.8 Å². The highest BCUT2D eigenvalue weighted by Crippen LogP contribution is 2.44. The number of fused-ring (bicyclic) bond motifs is 2. The number of benzene rings is 2. The van der Waals surface area contributed by atoms with Crippen LogP contribution in [-0.2, 0) is 11.3 Å². The number of aromatic nitrogens is 4. The van der Waals surface area contributed by atoms with E-state index in [1.54, 1.807) is 0 Å². The number of carbonyl (C=O) groups is 1. The second kappa shape index (κ2) is 9.35. The van der Waals surface area contributed by atoms with Crippen LogP contribution >= 0.6 is 0 Å². The second-order valence-electron chi connectivity index (χ2n) is 9.18. The van der Waals surface area contributed by atoms with Gasteiger partial charge in [-0.15, -0.1) is 22.0 Å². The van der Waals surface area contributed by atoms with Crippen LogP contribution in [0, 0.1) is 0 Å². The Bertz CT molecular complexity index is 1730. The van der Waals surface area contributed by atoms with Crippen molar-refractivity contribution in [2.24, 2.45) is 0 Å². The molecule has 16 heteroatoms. The molecular weight excluding hydrogens is 561 g/mol. The maximum Gasteiger partial charge on any atom is 0.586 e. The lowest BCUT2D eigenvalue weighted by Crippen LogP contribution is -2.39. The molecule has 0 unspecified atom stereocenters. The summed E-state index contributed by atoms with van der Waals surface area (Å²) in [4.78, 5) is 34.8. The molecule has 3 heterocycles. The first kappa shape index (κ1) is 26.3. The first-order valence-corrected chi connectivity index (χ1v) is 12.0. The van der Waals surface area contributed by atoms with Crippen LogP contribution in [-0.4, -0.2) is 51.5 Å². The van der Waals surface area contributed by atoms with Crippen molar-refractivity contribution in [1.82, 2.24) is 19.7 Å². The first-order valence-electron chi connectivity index (χ1n) is 12.0. The highest BCUT2D eigenvalue weighted by Gasteiger charge is 2.44. The fourth-order valence-electron chi connectivity index (χ4n) is 4.48. The highest BCUT2D eigenvalue weighted by atomic mass is 19.4. The third-order valence-electron chi connectivity index (χ3n) is 6.28. The Balaban J connectivity index is 1.38. The molecule has 1 fully saturated rings. The summed E-state index contributed by atoms with van der Waals surface area (Å²) in [6, 6.07) is 7.08. The van der Waals surface area contributed by atoms with Crippen molar-refractivity contribution >= 4 is 22.6 Å². The maximum atomic E-state index is 13.5. The summed E-state index contributed by atoms with van der Waals surface area (Å²) in [6.45, 7) is -0.586. The summed E-state index contributed by atoms with van der Waals surface area (Å²) in [6.07, 6.45) is -6.35. The Hall–Kier alpha value is -4.89. The summed E-state index contributed by atoms with van der Waals surface area (Å²) in [5, 5.41) is 4.27. The normalized spacial score (nSPS) is 15.7. The van der Waals surface area contributed by atoms with Crippen LogP contribution in [0.15, 0.2) is 47.5 Å². The number of alkyl halides is 5. The van der Waals surface area contributed by atoms with E-state index in [9.17, 15) is 31.5 Å². The Morgan fingerprint density at radius 1 is 1.15 bits per heavy atom. The van der Waals surface area contributed by atoms with Crippen molar-refractivity contribution in [3.05, 3.63) is 53.1 Å². The molecule has 6 rings (SSSR count). The van der Waals surface area contributed by atoms with Crippen molar-refractivity contribution in [3.8, 4) is 34.3 Å². The quantitative estimate of drug-likeness (QED) is 0.324. The topological polar surface area (TPSA) is 121 Å². The van der Waals surface area contributed by atoms with Gasteiger partial charge in [0.15, 0.2) is 11.5 Å². The Morgan fingerprint density at radius 3 is 2.59 bits per heavy atom. The Labute approximate surface area is 226 Å². The van der Waals surface area contributed by atoms with E-state index in [-0.39, 0.29) is 51.3 Å². The van der Waals surface area contributed by atoms with E-state index < -0.39 is 36.4 Å². The number of ether oxygens (including phenoxy) is 4. The van der Waals surface area contributed by atoms with Gasteiger partial charge in [-0.3, -0.25) is 9.59 Å². The van der Waals surface area contributed by atoms with E-state index in [1.165, 1.54) is 42.6 Å². The number of halogens is 5. The van der Waals surface area contributed by atoms with Crippen molar-refractivity contribution in [3.63, 3.8) is 0 Å². The summed E-state index contributed by atoms with van der Waals surface area (Å²) in [7, 11) is 1.25. The van der Waals surface area contributed by atoms with Crippen molar-refractivity contribution in [1.29, 1.82) is 0 Å². The van der Waals surface area contributed by atoms with Crippen LogP contribution in [0.2, 0.25) is 0 Å². The number of hydrogen-bond donors (Lipinski definition) is 1. The Morgan fingerprint density at radius 2 is 1.88 bits per heavy atom. The molecule has 0 radical (unpaired) electrons. The van der Waals surface area contributed by atoms with Gasteiger partial charge in [-0.25, -0.2) is 9.67 Å². The fourth-order valence-corrected chi connectivity index (χ4v) is 4.48. The average molecular weight is 579 g/mol. The lowest BCUT2D eigenvalue weighted by atomic mass is 10.1. The molecule has 0 saturated heterocycles. The molecular formula is C25H18F5N5O6. The molecule has 4 aromatic rings. The predicted octanol–water partition coefficient (Wildman–Crippen LogP) is 4.21. The van der Waals surface area contributed by atoms with Crippen molar-refractivity contribution in [2.75, 3.05) is 12.0 Å². The lowest BCUT2D eigenvalue weighted by molar-refractivity contribution is -0.286. The zero-order valence-corrected chi connectivity index (χ0v) is 20.9. The predicted molar refractivity (Wildman–Crippen MR) is 130 cm³/mol. The van der Waals surface area contributed by atoms with E-state index in [4.69, 9.17) is 4.74 Å². The summed E-state index contributed by atoms with van der Waals surface area (Å²) in [5.41, 5.74) is -0.436. The number of nitrogens with one attached hydrogen (secondary N) is 1. The van der Waals surface area contributed by atoms with E-state index in [0.717, 1.165) is 16.8 Å². The number of methoxy groups -OCH3 is 1. The third-order valence-corrected chi connectivity index (χ3v) is 6.28. The van der Waals surface area contributed by atoms with Gasteiger partial charge in [0.25, 0.3) is 5.56 Å². The minimum atomic E-state index is -4.99. The van der Waals surface area contributed by atoms with E-state index in [2.05, 4.69) is 29.3 Å². The maximum absolute atomic E-state index is 13.5. The molecule has 2 aliphatic rings. The molecule has 0 atom stereocenters. The largest absolute Gasteiger partial charge is 0.586 e. The van der Waals surface area contributed by atoms with Gasteiger partial charge in [0.05, 0.1) is 13.4 Å². The van der Waals surface area contributed by atoms with Crippen LogP contribution in [0.4, 0.5) is 27.6 Å². The number of carbonyl (C=O) groups excluding carboxylic acids is 1. The molecule has 2 aromatic heterocycles. The average Bonchev–Trinajstić information content (AvgIpc) is 3.48. The highest BCUT2D eigenvalue weighted by molar-refractivity contribution is 5.95. The molecule has 1 amide bonds. The standard InChI is InChI=1S/C25H18F5N5O6/c1-38-15-6-12(7-16(9-15)39-24(26,27)28)20-21-22(32-11-31-21)23(37)34(33-20)10-19(36)35(13-2-3-13)14-4-5-17-18(8-14)41-25(29,30)40-17/h4-9,11,13H,2-3,10H2,1H3,(H,31,32). The molecule has 1 saturated carbocycles. The third kappa shape index (κ3) is 5.19. The van der Waals surface area contributed by atoms with Crippen LogP contribution in [0.3, 0.4) is 0 Å². The summed E-state index contributed by atoms with van der Waals surface area (Å²) in [5.74, 6) is -1.63. The van der Waals surface area contributed by atoms with Gasteiger partial charge in [-0.05, 0) is 37.1 Å². The fraction of sp³-hybridized carbons (Fsp3) is 0.280. The molecule has 1 aliphatic heterocycles. The van der Waals surface area contributed by atoms with Gasteiger partial charge in [-0.2, -0.15) is 5.10 Å². The minimum absolute atomic E-state index is 0.00866. The molecule has 0 spiro atoms. The van der Waals surface area contributed by atoms with E-state index >= 15 is 0 Å². The summed E-state index contributed by atoms with van der Waals surface area (Å²) < 4.78 is 84.7. The molecule has 0 bridgehead atoms. The van der Waals surface area contributed by atoms with E-state index in [1.807, 2.05) is 0 Å². The van der Waals surface area contributed by atoms with Crippen molar-refractivity contribution < 1.29 is 45.7 Å². The lowest BCUT2D eigenvalue weighted by Gasteiger charge is -2.23. The van der Waals surface area contributed by atoms with Gasteiger partial charge in [0.2, 0.25) is 5.91 Å². The molecule has 41 heavy (non-hydrogen) atoms. The number of nitrogens with zero attached hydrogens (tertiary/aromatic N) is 4. The van der Waals surface area contributed by atoms with Crippen molar-refractivity contribution in [2.45, 2.75) is 38.1 Å². The number of anilines is 1. The van der Waals surface area contributed by atoms with Gasteiger partial charge in [-0.1, -0.05) is 0 Å². The number of aromatic amines is 1. The first-order chi connectivity index (χ1) is 19.4. The number of rotatable bonds is 7. The zero-order valence-electron chi connectivity index (χ0n) is 20.9. The molecule has 1 N–H and O–H groups in total. The molecule has 11 nitrogen and oxygen atoms in total. The van der Waals surface area contributed by atoms with Crippen LogP contribution in [0.25, 0.3) is 22.3 Å². The monoisotopic (exact) mass is 579 g/mol. The second-order valence-corrected chi connectivity index (χ2v) is 9.18. The van der Waals surface area contributed by atoms with E-state index in [0.29, 0.717) is 12.8 Å². The number of imidazole rings is 1. The van der Waals surface area contributed by atoms with Crippen LogP contribution < -0.4 is 29.4 Å². The summed E-state index contributed by atoms with van der Waals surface area (Å²) >= 11 is 0. The van der Waals surface area contributed by atoms with Crippen LogP contribution in [0.5, 0.6) is 23.0 Å².